The molecule has 0 unspecified atom stereocenters. The highest BCUT2D eigenvalue weighted by Gasteiger charge is 2.33. The predicted octanol–water partition coefficient (Wildman–Crippen LogP) is -0.0973. The van der Waals surface area contributed by atoms with Crippen LogP contribution in [0.1, 0.15) is 25.3 Å². The van der Waals surface area contributed by atoms with Gasteiger partial charge in [-0.3, -0.25) is 9.36 Å². The number of hydrogen-bond acceptors (Lipinski definition) is 6. The fraction of sp³-hybridized carbons (Fsp3) is 0.562. The minimum Gasteiger partial charge on any atom is -0.396 e. The van der Waals surface area contributed by atoms with Gasteiger partial charge in [-0.2, -0.15) is 4.68 Å². The lowest BCUT2D eigenvalue weighted by Gasteiger charge is -2.34. The first kappa shape index (κ1) is 17.0. The smallest absolute Gasteiger partial charge is 0.351 e. The maximum absolute atomic E-state index is 14.6. The van der Waals surface area contributed by atoms with Crippen molar-refractivity contribution in [2.75, 3.05) is 30.4 Å². The average molecular weight is 367 g/mol. The van der Waals surface area contributed by atoms with Crippen LogP contribution in [-0.4, -0.2) is 45.2 Å². The number of rotatable bonds is 3. The summed E-state index contributed by atoms with van der Waals surface area (Å²) in [6.45, 7) is -0.0507. The Morgan fingerprint density at radius 2 is 2.04 bits per heavy atom. The number of alkyl halides is 1. The van der Waals surface area contributed by atoms with Gasteiger partial charge in [-0.1, -0.05) is 0 Å². The molecule has 0 aromatic carbocycles. The maximum Gasteiger partial charge on any atom is 0.351 e. The van der Waals surface area contributed by atoms with Gasteiger partial charge in [0.15, 0.2) is 17.3 Å². The highest BCUT2D eigenvalue weighted by atomic mass is 19.1. The second kappa shape index (κ2) is 6.04. The van der Waals surface area contributed by atoms with Crippen LogP contribution < -0.4 is 22.0 Å². The maximum atomic E-state index is 14.6. The Labute approximate surface area is 146 Å². The summed E-state index contributed by atoms with van der Waals surface area (Å²) in [7, 11) is 0. The van der Waals surface area contributed by atoms with Crippen molar-refractivity contribution < 1.29 is 13.9 Å². The van der Waals surface area contributed by atoms with Gasteiger partial charge in [-0.15, -0.1) is 0 Å². The molecule has 1 aliphatic carbocycles. The van der Waals surface area contributed by atoms with Crippen LogP contribution >= 0.6 is 0 Å². The first-order chi connectivity index (χ1) is 12.4. The van der Waals surface area contributed by atoms with Gasteiger partial charge >= 0.3 is 5.69 Å². The molecule has 10 heteroatoms. The molecule has 140 valence electrons. The van der Waals surface area contributed by atoms with Gasteiger partial charge in [0.1, 0.15) is 6.17 Å². The zero-order chi connectivity index (χ0) is 18.6. The SMILES string of the molecule is Nn1c(=O)c2cc(F)c(N3CC[C@H](CO)[C@H](F)C3)nc2n(C2CC2)c1=O. The fourth-order valence-corrected chi connectivity index (χ4v) is 3.47. The van der Waals surface area contributed by atoms with Crippen LogP contribution in [0, 0.1) is 11.7 Å². The van der Waals surface area contributed by atoms with E-state index in [2.05, 4.69) is 4.98 Å². The Balaban J connectivity index is 1.86. The van der Waals surface area contributed by atoms with Crippen molar-refractivity contribution in [1.82, 2.24) is 14.2 Å². The van der Waals surface area contributed by atoms with E-state index in [9.17, 15) is 23.5 Å². The lowest BCUT2D eigenvalue weighted by Crippen LogP contribution is -2.46. The molecule has 8 nitrogen and oxygen atoms in total. The van der Waals surface area contributed by atoms with Crippen LogP contribution in [0.15, 0.2) is 15.7 Å². The molecule has 2 atom stereocenters. The first-order valence-corrected chi connectivity index (χ1v) is 8.55. The number of halogens is 2. The summed E-state index contributed by atoms with van der Waals surface area (Å²) in [6, 6.07) is 0.882. The van der Waals surface area contributed by atoms with Crippen molar-refractivity contribution in [3.63, 3.8) is 0 Å². The highest BCUT2D eigenvalue weighted by Crippen LogP contribution is 2.35. The van der Waals surface area contributed by atoms with Gasteiger partial charge in [0, 0.05) is 25.1 Å². The van der Waals surface area contributed by atoms with E-state index < -0.39 is 29.2 Å². The molecule has 0 spiro atoms. The van der Waals surface area contributed by atoms with E-state index in [1.807, 2.05) is 0 Å². The van der Waals surface area contributed by atoms with E-state index in [1.165, 1.54) is 9.47 Å². The molecule has 2 aromatic heterocycles. The standard InChI is InChI=1S/C16H19F2N5O3/c17-11-5-10-13(22(9-1-2-9)16(26)23(19)15(10)25)20-14(11)21-4-3-8(7-24)12(18)6-21/h5,8-9,12,24H,1-4,6-7,19H2/t8-,12-/m1/s1. The number of fused-ring (bicyclic) bond motifs is 1. The van der Waals surface area contributed by atoms with Crippen LogP contribution in [0.5, 0.6) is 0 Å². The summed E-state index contributed by atoms with van der Waals surface area (Å²) >= 11 is 0. The van der Waals surface area contributed by atoms with Crippen molar-refractivity contribution in [3.8, 4) is 0 Å². The number of anilines is 1. The molecule has 1 saturated heterocycles. The molecule has 26 heavy (non-hydrogen) atoms. The van der Waals surface area contributed by atoms with E-state index in [-0.39, 0.29) is 36.0 Å². The topological polar surface area (TPSA) is 106 Å². The van der Waals surface area contributed by atoms with E-state index in [1.54, 1.807) is 0 Å². The van der Waals surface area contributed by atoms with Crippen molar-refractivity contribution in [1.29, 1.82) is 0 Å². The zero-order valence-electron chi connectivity index (χ0n) is 13.9. The van der Waals surface area contributed by atoms with Crippen LogP contribution in [0.25, 0.3) is 11.0 Å². The molecule has 2 fully saturated rings. The molecular formula is C16H19F2N5O3. The van der Waals surface area contributed by atoms with Gasteiger partial charge in [0.05, 0.1) is 11.9 Å². The van der Waals surface area contributed by atoms with Crippen LogP contribution in [0.3, 0.4) is 0 Å². The summed E-state index contributed by atoms with van der Waals surface area (Å²) in [5, 5.41) is 9.09. The Morgan fingerprint density at radius 1 is 1.31 bits per heavy atom. The zero-order valence-corrected chi connectivity index (χ0v) is 13.9. The molecule has 0 radical (unpaired) electrons. The number of piperidine rings is 1. The molecule has 3 heterocycles. The molecule has 1 aliphatic heterocycles. The number of hydrogen-bond donors (Lipinski definition) is 2. The van der Waals surface area contributed by atoms with E-state index in [4.69, 9.17) is 5.84 Å². The summed E-state index contributed by atoms with van der Waals surface area (Å²) < 4.78 is 30.5. The highest BCUT2D eigenvalue weighted by molar-refractivity contribution is 5.77. The number of aromatic nitrogens is 3. The molecule has 2 aliphatic rings. The second-order valence-corrected chi connectivity index (χ2v) is 6.92. The van der Waals surface area contributed by atoms with Gasteiger partial charge in [-0.05, 0) is 25.3 Å². The van der Waals surface area contributed by atoms with Crippen molar-refractivity contribution in [2.24, 2.45) is 5.92 Å². The minimum absolute atomic E-state index is 0.0697. The third kappa shape index (κ3) is 2.56. The molecule has 0 amide bonds. The molecule has 0 bridgehead atoms. The van der Waals surface area contributed by atoms with Crippen LogP contribution in [-0.2, 0) is 0 Å². The average Bonchev–Trinajstić information content (AvgIpc) is 3.45. The molecule has 2 aromatic rings. The number of nitrogens with zero attached hydrogens (tertiary/aromatic N) is 4. The Hall–Kier alpha value is -2.49. The minimum atomic E-state index is -1.31. The van der Waals surface area contributed by atoms with Gasteiger partial charge in [0.25, 0.3) is 5.56 Å². The fourth-order valence-electron chi connectivity index (χ4n) is 3.47. The van der Waals surface area contributed by atoms with Gasteiger partial charge < -0.3 is 15.8 Å². The predicted molar refractivity (Wildman–Crippen MR) is 90.9 cm³/mol. The normalized spacial score (nSPS) is 23.6. The monoisotopic (exact) mass is 367 g/mol. The lowest BCUT2D eigenvalue weighted by atomic mass is 9.96. The molecule has 4 rings (SSSR count). The Morgan fingerprint density at radius 3 is 2.65 bits per heavy atom. The lowest BCUT2D eigenvalue weighted by molar-refractivity contribution is 0.120. The van der Waals surface area contributed by atoms with Crippen molar-refractivity contribution in [3.05, 3.63) is 32.7 Å². The Bertz CT molecular complexity index is 984. The van der Waals surface area contributed by atoms with E-state index in [0.717, 1.165) is 18.9 Å². The quantitative estimate of drug-likeness (QED) is 0.734. The number of nitrogen functional groups attached to an aromatic ring is 1. The summed E-state index contributed by atoms with van der Waals surface area (Å²) in [5.74, 6) is 4.18. The molecular weight excluding hydrogens is 348 g/mol. The van der Waals surface area contributed by atoms with Crippen LogP contribution in [0.2, 0.25) is 0 Å². The third-order valence-corrected chi connectivity index (χ3v) is 5.15. The number of aliphatic hydroxyl groups excluding tert-OH is 1. The largest absolute Gasteiger partial charge is 0.396 e. The van der Waals surface area contributed by atoms with E-state index in [0.29, 0.717) is 17.6 Å². The number of aliphatic hydroxyl groups is 1. The first-order valence-electron chi connectivity index (χ1n) is 8.55. The summed E-state index contributed by atoms with van der Waals surface area (Å²) in [5.41, 5.74) is -1.44. The molecule has 3 N–H and O–H groups in total. The second-order valence-electron chi connectivity index (χ2n) is 6.92. The summed E-state index contributed by atoms with van der Waals surface area (Å²) in [4.78, 5) is 30.3. The van der Waals surface area contributed by atoms with Crippen molar-refractivity contribution in [2.45, 2.75) is 31.5 Å². The third-order valence-electron chi connectivity index (χ3n) is 5.15. The molecule has 1 saturated carbocycles. The van der Waals surface area contributed by atoms with Crippen molar-refractivity contribution >= 4 is 16.9 Å². The number of pyridine rings is 1. The van der Waals surface area contributed by atoms with Gasteiger partial charge in [0.2, 0.25) is 0 Å². The Kier molecular flexibility index (Phi) is 3.94. The van der Waals surface area contributed by atoms with Gasteiger partial charge in [-0.25, -0.2) is 18.6 Å². The van der Waals surface area contributed by atoms with Crippen LogP contribution in [0.4, 0.5) is 14.6 Å². The number of nitrogens with two attached hydrogens (primary N) is 1. The summed E-state index contributed by atoms with van der Waals surface area (Å²) in [6.07, 6.45) is 0.538. The van der Waals surface area contributed by atoms with E-state index >= 15 is 0 Å².